The molecule has 0 heterocycles. The number of ether oxygens (including phenoxy) is 1. The van der Waals surface area contributed by atoms with Gasteiger partial charge < -0.3 is 10.1 Å². The Kier molecular flexibility index (Phi) is 5.52. The summed E-state index contributed by atoms with van der Waals surface area (Å²) in [7, 11) is 0. The molecule has 0 fully saturated rings. The average molecular weight is 254 g/mol. The summed E-state index contributed by atoms with van der Waals surface area (Å²) >= 11 is 6.07. The van der Waals surface area contributed by atoms with Gasteiger partial charge in [-0.25, -0.2) is 0 Å². The quantitative estimate of drug-likeness (QED) is 0.783. The number of rotatable bonds is 6. The van der Waals surface area contributed by atoms with E-state index >= 15 is 0 Å². The highest BCUT2D eigenvalue weighted by Gasteiger charge is 2.03. The fraction of sp³-hybridized carbons (Fsp3) is 0.429. The van der Waals surface area contributed by atoms with Gasteiger partial charge in [-0.2, -0.15) is 0 Å². The number of hydrogen-bond donors (Lipinski definition) is 1. The fourth-order valence-electron chi connectivity index (χ4n) is 1.30. The van der Waals surface area contributed by atoms with Crippen molar-refractivity contribution >= 4 is 11.6 Å². The lowest BCUT2D eigenvalue weighted by Gasteiger charge is -2.12. The summed E-state index contributed by atoms with van der Waals surface area (Å²) in [6.45, 7) is 11.4. The van der Waals surface area contributed by atoms with Gasteiger partial charge in [0.15, 0.2) is 0 Å². The van der Waals surface area contributed by atoms with Gasteiger partial charge in [-0.15, -0.1) is 0 Å². The summed E-state index contributed by atoms with van der Waals surface area (Å²) in [5, 5.41) is 3.94. The van der Waals surface area contributed by atoms with Gasteiger partial charge in [0.2, 0.25) is 0 Å². The largest absolute Gasteiger partial charge is 0.488 e. The first-order valence-corrected chi connectivity index (χ1v) is 6.16. The maximum Gasteiger partial charge on any atom is 0.138 e. The summed E-state index contributed by atoms with van der Waals surface area (Å²) in [4.78, 5) is 0. The Bertz CT molecular complexity index is 388. The predicted molar refractivity (Wildman–Crippen MR) is 74.0 cm³/mol. The maximum absolute atomic E-state index is 6.07. The molecule has 1 aromatic rings. The lowest BCUT2D eigenvalue weighted by Crippen LogP contribution is -2.26. The SMILES string of the molecule is C=C(CNC(C)C)COc1ccc(C)cc1Cl. The topological polar surface area (TPSA) is 21.3 Å². The van der Waals surface area contributed by atoms with E-state index in [1.807, 2.05) is 25.1 Å². The van der Waals surface area contributed by atoms with E-state index in [-0.39, 0.29) is 0 Å². The Balaban J connectivity index is 2.42. The summed E-state index contributed by atoms with van der Waals surface area (Å²) in [6.07, 6.45) is 0. The molecule has 0 amide bonds. The van der Waals surface area contributed by atoms with Gasteiger partial charge >= 0.3 is 0 Å². The second-order valence-electron chi connectivity index (χ2n) is 4.51. The zero-order valence-corrected chi connectivity index (χ0v) is 11.5. The van der Waals surface area contributed by atoms with E-state index in [2.05, 4.69) is 25.7 Å². The van der Waals surface area contributed by atoms with E-state index in [1.54, 1.807) is 0 Å². The van der Waals surface area contributed by atoms with E-state index in [0.717, 1.165) is 17.7 Å². The minimum Gasteiger partial charge on any atom is -0.488 e. The zero-order chi connectivity index (χ0) is 12.8. The number of halogens is 1. The van der Waals surface area contributed by atoms with Gasteiger partial charge in [0.25, 0.3) is 0 Å². The Morgan fingerprint density at radius 1 is 1.47 bits per heavy atom. The Labute approximate surface area is 109 Å². The molecule has 0 radical (unpaired) electrons. The Morgan fingerprint density at radius 2 is 2.18 bits per heavy atom. The molecule has 0 aliphatic heterocycles. The van der Waals surface area contributed by atoms with Crippen LogP contribution in [0.25, 0.3) is 0 Å². The highest BCUT2D eigenvalue weighted by atomic mass is 35.5. The lowest BCUT2D eigenvalue weighted by atomic mass is 10.2. The molecule has 0 spiro atoms. The monoisotopic (exact) mass is 253 g/mol. The molecule has 1 rings (SSSR count). The van der Waals surface area contributed by atoms with Crippen molar-refractivity contribution in [3.05, 3.63) is 40.9 Å². The van der Waals surface area contributed by atoms with Crippen LogP contribution in [0.2, 0.25) is 5.02 Å². The first-order valence-electron chi connectivity index (χ1n) is 5.78. The van der Waals surface area contributed by atoms with E-state index in [0.29, 0.717) is 23.4 Å². The second kappa shape index (κ2) is 6.67. The molecule has 0 atom stereocenters. The maximum atomic E-state index is 6.07. The highest BCUT2D eigenvalue weighted by Crippen LogP contribution is 2.25. The molecular weight excluding hydrogens is 234 g/mol. The average Bonchev–Trinajstić information content (AvgIpc) is 2.25. The predicted octanol–water partition coefficient (Wildman–Crippen LogP) is 3.58. The molecule has 0 bridgehead atoms. The minimum absolute atomic E-state index is 0.453. The van der Waals surface area contributed by atoms with Crippen molar-refractivity contribution in [2.75, 3.05) is 13.2 Å². The van der Waals surface area contributed by atoms with Crippen molar-refractivity contribution in [1.82, 2.24) is 5.32 Å². The number of hydrogen-bond acceptors (Lipinski definition) is 2. The van der Waals surface area contributed by atoms with Crippen LogP contribution in [0, 0.1) is 6.92 Å². The van der Waals surface area contributed by atoms with Crippen molar-refractivity contribution in [3.63, 3.8) is 0 Å². The third-order valence-electron chi connectivity index (χ3n) is 2.28. The third-order valence-corrected chi connectivity index (χ3v) is 2.57. The summed E-state index contributed by atoms with van der Waals surface area (Å²) in [5.41, 5.74) is 2.14. The molecule has 3 heteroatoms. The van der Waals surface area contributed by atoms with Gasteiger partial charge in [-0.1, -0.05) is 38.1 Å². The standard InChI is InChI=1S/C14H20ClNO/c1-10(2)16-8-12(4)9-17-14-6-5-11(3)7-13(14)15/h5-7,10,16H,4,8-9H2,1-3H3. The molecule has 0 aliphatic rings. The van der Waals surface area contributed by atoms with E-state index in [1.165, 1.54) is 0 Å². The van der Waals surface area contributed by atoms with Crippen molar-refractivity contribution in [3.8, 4) is 5.75 Å². The van der Waals surface area contributed by atoms with E-state index in [9.17, 15) is 0 Å². The van der Waals surface area contributed by atoms with Crippen molar-refractivity contribution < 1.29 is 4.74 Å². The van der Waals surface area contributed by atoms with Crippen LogP contribution in [0.5, 0.6) is 5.75 Å². The van der Waals surface area contributed by atoms with Crippen LogP contribution in [0.4, 0.5) is 0 Å². The summed E-state index contributed by atoms with van der Waals surface area (Å²) in [6, 6.07) is 6.22. The number of nitrogens with one attached hydrogen (secondary N) is 1. The fourth-order valence-corrected chi connectivity index (χ4v) is 1.59. The van der Waals surface area contributed by atoms with Crippen LogP contribution in [0.3, 0.4) is 0 Å². The zero-order valence-electron chi connectivity index (χ0n) is 10.7. The molecule has 0 saturated carbocycles. The number of aryl methyl sites for hydroxylation is 1. The summed E-state index contributed by atoms with van der Waals surface area (Å²) < 4.78 is 5.61. The molecular formula is C14H20ClNO. The molecule has 2 nitrogen and oxygen atoms in total. The van der Waals surface area contributed by atoms with Crippen LogP contribution >= 0.6 is 11.6 Å². The number of benzene rings is 1. The molecule has 17 heavy (non-hydrogen) atoms. The van der Waals surface area contributed by atoms with Crippen molar-refractivity contribution in [2.24, 2.45) is 0 Å². The summed E-state index contributed by atoms with van der Waals surface area (Å²) in [5.74, 6) is 0.711. The van der Waals surface area contributed by atoms with Crippen LogP contribution in [0.15, 0.2) is 30.4 Å². The van der Waals surface area contributed by atoms with Crippen LogP contribution < -0.4 is 10.1 Å². The van der Waals surface area contributed by atoms with Crippen molar-refractivity contribution in [2.45, 2.75) is 26.8 Å². The second-order valence-corrected chi connectivity index (χ2v) is 4.92. The minimum atomic E-state index is 0.453. The van der Waals surface area contributed by atoms with Crippen molar-refractivity contribution in [1.29, 1.82) is 0 Å². The molecule has 0 aliphatic carbocycles. The molecule has 0 saturated heterocycles. The van der Waals surface area contributed by atoms with E-state index < -0.39 is 0 Å². The van der Waals surface area contributed by atoms with Gasteiger partial charge in [0.1, 0.15) is 12.4 Å². The lowest BCUT2D eigenvalue weighted by molar-refractivity contribution is 0.347. The van der Waals surface area contributed by atoms with E-state index in [4.69, 9.17) is 16.3 Å². The molecule has 1 N–H and O–H groups in total. The molecule has 0 aromatic heterocycles. The molecule has 1 aromatic carbocycles. The Hall–Kier alpha value is -0.990. The molecule has 94 valence electrons. The van der Waals surface area contributed by atoms with Gasteiger partial charge in [-0.05, 0) is 30.2 Å². The highest BCUT2D eigenvalue weighted by molar-refractivity contribution is 6.32. The first-order chi connectivity index (χ1) is 7.99. The smallest absolute Gasteiger partial charge is 0.138 e. The van der Waals surface area contributed by atoms with Gasteiger partial charge in [0.05, 0.1) is 5.02 Å². The Morgan fingerprint density at radius 3 is 2.76 bits per heavy atom. The normalized spacial score (nSPS) is 10.6. The third kappa shape index (κ3) is 5.24. The first kappa shape index (κ1) is 14.1. The van der Waals surface area contributed by atoms with Gasteiger partial charge in [0, 0.05) is 12.6 Å². The van der Waals surface area contributed by atoms with Crippen LogP contribution in [-0.2, 0) is 0 Å². The van der Waals surface area contributed by atoms with Gasteiger partial charge in [-0.3, -0.25) is 0 Å². The molecule has 0 unspecified atom stereocenters. The van der Waals surface area contributed by atoms with Crippen LogP contribution in [-0.4, -0.2) is 19.2 Å². The van der Waals surface area contributed by atoms with Crippen LogP contribution in [0.1, 0.15) is 19.4 Å².